The molecule has 3 nitrogen and oxygen atoms in total. The fraction of sp³-hybridized carbons (Fsp3) is 0.222. The summed E-state index contributed by atoms with van der Waals surface area (Å²) in [6.07, 6.45) is 0. The number of nitrogens with zero attached hydrogens (tertiary/aromatic N) is 2. The molecule has 0 fully saturated rings. The first-order valence-electron chi connectivity index (χ1n) is 3.79. The molecule has 1 aromatic rings. The van der Waals surface area contributed by atoms with Crippen molar-refractivity contribution in [2.24, 2.45) is 10.2 Å². The molecular weight excluding hydrogens is 152 g/mol. The number of azo groups is 1. The van der Waals surface area contributed by atoms with E-state index in [1.165, 1.54) is 0 Å². The van der Waals surface area contributed by atoms with Gasteiger partial charge in [-0.15, -0.1) is 5.11 Å². The lowest BCUT2D eigenvalue weighted by atomic mass is 10.0. The van der Waals surface area contributed by atoms with Crippen LogP contribution < -0.4 is 0 Å². The summed E-state index contributed by atoms with van der Waals surface area (Å²) in [4.78, 5) is 11.2. The number of carbonyl (C=O) groups excluding carboxylic acids is 1. The zero-order valence-electron chi connectivity index (χ0n) is 6.74. The van der Waals surface area contributed by atoms with Crippen molar-refractivity contribution in [1.82, 2.24) is 0 Å². The SMILES string of the molecule is Cc1cccc2c1C(=O)N=NC2. The number of rotatable bonds is 0. The van der Waals surface area contributed by atoms with E-state index in [1.54, 1.807) is 0 Å². The minimum absolute atomic E-state index is 0.214. The Hall–Kier alpha value is -1.51. The highest BCUT2D eigenvalue weighted by Crippen LogP contribution is 2.19. The van der Waals surface area contributed by atoms with Gasteiger partial charge in [-0.2, -0.15) is 5.11 Å². The Bertz CT molecular complexity index is 369. The van der Waals surface area contributed by atoms with Gasteiger partial charge in [-0.3, -0.25) is 4.79 Å². The van der Waals surface area contributed by atoms with E-state index in [4.69, 9.17) is 0 Å². The third kappa shape index (κ3) is 0.942. The highest BCUT2D eigenvalue weighted by Gasteiger charge is 2.16. The predicted octanol–water partition coefficient (Wildman–Crippen LogP) is 2.10. The highest BCUT2D eigenvalue weighted by atomic mass is 16.1. The lowest BCUT2D eigenvalue weighted by molar-refractivity contribution is 0.0987. The largest absolute Gasteiger partial charge is 0.295 e. The molecule has 2 rings (SSSR count). The molecule has 0 spiro atoms. The van der Waals surface area contributed by atoms with E-state index in [1.807, 2.05) is 25.1 Å². The molecule has 60 valence electrons. The number of hydrogen-bond donors (Lipinski definition) is 0. The Labute approximate surface area is 70.1 Å². The van der Waals surface area contributed by atoms with E-state index in [0.29, 0.717) is 6.54 Å². The first-order chi connectivity index (χ1) is 5.79. The second-order valence-corrected chi connectivity index (χ2v) is 2.81. The van der Waals surface area contributed by atoms with Crippen LogP contribution in [0.3, 0.4) is 0 Å². The zero-order chi connectivity index (χ0) is 8.55. The number of aryl methyl sites for hydroxylation is 1. The van der Waals surface area contributed by atoms with E-state index in [-0.39, 0.29) is 5.91 Å². The van der Waals surface area contributed by atoms with Gasteiger partial charge in [0.2, 0.25) is 0 Å². The van der Waals surface area contributed by atoms with Crippen molar-refractivity contribution in [3.8, 4) is 0 Å². The molecule has 0 N–H and O–H groups in total. The average molecular weight is 160 g/mol. The monoisotopic (exact) mass is 160 g/mol. The van der Waals surface area contributed by atoms with Crippen LogP contribution in [0.2, 0.25) is 0 Å². The van der Waals surface area contributed by atoms with Gasteiger partial charge in [0.15, 0.2) is 0 Å². The molecule has 1 amide bonds. The van der Waals surface area contributed by atoms with Crippen molar-refractivity contribution in [2.45, 2.75) is 13.5 Å². The number of carbonyl (C=O) groups is 1. The Kier molecular flexibility index (Phi) is 1.50. The molecular formula is C9H8N2O. The number of hydrogen-bond acceptors (Lipinski definition) is 2. The molecule has 1 aromatic carbocycles. The summed E-state index contributed by atoms with van der Waals surface area (Å²) >= 11 is 0. The van der Waals surface area contributed by atoms with Gasteiger partial charge in [0.05, 0.1) is 12.1 Å². The summed E-state index contributed by atoms with van der Waals surface area (Å²) in [7, 11) is 0. The van der Waals surface area contributed by atoms with Crippen molar-refractivity contribution >= 4 is 5.91 Å². The van der Waals surface area contributed by atoms with Crippen molar-refractivity contribution in [3.63, 3.8) is 0 Å². The minimum atomic E-state index is -0.214. The van der Waals surface area contributed by atoms with Gasteiger partial charge in [0.25, 0.3) is 5.91 Å². The number of amides is 1. The molecule has 0 bridgehead atoms. The van der Waals surface area contributed by atoms with Crippen LogP contribution in [0, 0.1) is 6.92 Å². The molecule has 1 aliphatic heterocycles. The van der Waals surface area contributed by atoms with E-state index in [2.05, 4.69) is 10.2 Å². The normalized spacial score (nSPS) is 14.6. The van der Waals surface area contributed by atoms with Crippen molar-refractivity contribution in [2.75, 3.05) is 0 Å². The third-order valence-corrected chi connectivity index (χ3v) is 1.98. The summed E-state index contributed by atoms with van der Waals surface area (Å²) in [6, 6.07) is 5.76. The summed E-state index contributed by atoms with van der Waals surface area (Å²) in [6.45, 7) is 2.44. The van der Waals surface area contributed by atoms with Gasteiger partial charge in [0.1, 0.15) is 0 Å². The molecule has 0 saturated carbocycles. The Morgan fingerprint density at radius 1 is 1.42 bits per heavy atom. The van der Waals surface area contributed by atoms with Crippen molar-refractivity contribution in [1.29, 1.82) is 0 Å². The molecule has 1 aliphatic rings. The fourth-order valence-electron chi connectivity index (χ4n) is 1.39. The quantitative estimate of drug-likeness (QED) is 0.573. The van der Waals surface area contributed by atoms with Gasteiger partial charge < -0.3 is 0 Å². The van der Waals surface area contributed by atoms with Crippen LogP contribution in [0.15, 0.2) is 28.4 Å². The third-order valence-electron chi connectivity index (χ3n) is 1.98. The molecule has 0 atom stereocenters. The van der Waals surface area contributed by atoms with Crippen LogP contribution in [0.25, 0.3) is 0 Å². The molecule has 0 aromatic heterocycles. The molecule has 0 unspecified atom stereocenters. The van der Waals surface area contributed by atoms with Crippen molar-refractivity contribution in [3.05, 3.63) is 34.9 Å². The van der Waals surface area contributed by atoms with Crippen LogP contribution in [-0.2, 0) is 6.54 Å². The highest BCUT2D eigenvalue weighted by molar-refractivity contribution is 5.98. The summed E-state index contributed by atoms with van der Waals surface area (Å²) in [5.74, 6) is -0.214. The van der Waals surface area contributed by atoms with E-state index >= 15 is 0 Å². The predicted molar refractivity (Wildman–Crippen MR) is 44.1 cm³/mol. The maximum absolute atomic E-state index is 11.2. The lowest BCUT2D eigenvalue weighted by Gasteiger charge is -2.09. The first-order valence-corrected chi connectivity index (χ1v) is 3.79. The van der Waals surface area contributed by atoms with Gasteiger partial charge in [0, 0.05) is 0 Å². The summed E-state index contributed by atoms with van der Waals surface area (Å²) in [5, 5.41) is 7.23. The van der Waals surface area contributed by atoms with Crippen LogP contribution in [-0.4, -0.2) is 5.91 Å². The zero-order valence-corrected chi connectivity index (χ0v) is 6.74. The second-order valence-electron chi connectivity index (χ2n) is 2.81. The maximum atomic E-state index is 11.2. The number of benzene rings is 1. The molecule has 12 heavy (non-hydrogen) atoms. The van der Waals surface area contributed by atoms with Crippen LogP contribution in [0.4, 0.5) is 0 Å². The smallest absolute Gasteiger partial charge is 0.265 e. The molecule has 0 radical (unpaired) electrons. The second kappa shape index (κ2) is 2.52. The molecule has 0 saturated heterocycles. The topological polar surface area (TPSA) is 41.8 Å². The molecule has 3 heteroatoms. The Morgan fingerprint density at radius 2 is 2.25 bits per heavy atom. The lowest BCUT2D eigenvalue weighted by Crippen LogP contribution is -2.06. The molecule has 0 aliphatic carbocycles. The average Bonchev–Trinajstić information content (AvgIpc) is 2.04. The van der Waals surface area contributed by atoms with Gasteiger partial charge in [-0.25, -0.2) is 0 Å². The minimum Gasteiger partial charge on any atom is -0.265 e. The maximum Gasteiger partial charge on any atom is 0.295 e. The summed E-state index contributed by atoms with van der Waals surface area (Å²) in [5.41, 5.74) is 2.69. The van der Waals surface area contributed by atoms with E-state index < -0.39 is 0 Å². The standard InChI is InChI=1S/C9H8N2O/c1-6-3-2-4-7-5-10-11-9(12)8(6)7/h2-4H,5H2,1H3. The van der Waals surface area contributed by atoms with Crippen LogP contribution in [0.5, 0.6) is 0 Å². The van der Waals surface area contributed by atoms with Crippen molar-refractivity contribution < 1.29 is 4.79 Å². The Balaban J connectivity index is 2.66. The van der Waals surface area contributed by atoms with Crippen LogP contribution in [0.1, 0.15) is 21.5 Å². The van der Waals surface area contributed by atoms with Gasteiger partial charge in [-0.05, 0) is 18.1 Å². The molecule has 1 heterocycles. The Morgan fingerprint density at radius 3 is 3.00 bits per heavy atom. The van der Waals surface area contributed by atoms with E-state index in [9.17, 15) is 4.79 Å². The first kappa shape index (κ1) is 7.16. The van der Waals surface area contributed by atoms with Crippen LogP contribution >= 0.6 is 0 Å². The van der Waals surface area contributed by atoms with Gasteiger partial charge >= 0.3 is 0 Å². The van der Waals surface area contributed by atoms with E-state index in [0.717, 1.165) is 16.7 Å². The van der Waals surface area contributed by atoms with Gasteiger partial charge in [-0.1, -0.05) is 18.2 Å². The fourth-order valence-corrected chi connectivity index (χ4v) is 1.39. The summed E-state index contributed by atoms with van der Waals surface area (Å²) < 4.78 is 0. The number of fused-ring (bicyclic) bond motifs is 1.